The minimum absolute atomic E-state index is 0.0158. The van der Waals surface area contributed by atoms with Gasteiger partial charge in [0.2, 0.25) is 5.91 Å². The molecule has 0 saturated carbocycles. The van der Waals surface area contributed by atoms with Gasteiger partial charge in [-0.25, -0.2) is 0 Å². The number of benzene rings is 1. The zero-order valence-corrected chi connectivity index (χ0v) is 18.5. The van der Waals surface area contributed by atoms with Crippen LogP contribution in [0.25, 0.3) is 0 Å². The van der Waals surface area contributed by atoms with Crippen LogP contribution in [0.15, 0.2) is 29.3 Å². The average Bonchev–Trinajstić information content (AvgIpc) is 2.69. The number of hydrogen-bond acceptors (Lipinski definition) is 4. The summed E-state index contributed by atoms with van der Waals surface area (Å²) in [7, 11) is 1.75. The highest BCUT2D eigenvalue weighted by molar-refractivity contribution is 6.30. The molecule has 1 fully saturated rings. The molecule has 0 aliphatic carbocycles. The lowest BCUT2D eigenvalue weighted by Crippen LogP contribution is -2.50. The van der Waals surface area contributed by atoms with Crippen molar-refractivity contribution in [1.82, 2.24) is 15.5 Å². The van der Waals surface area contributed by atoms with E-state index in [0.717, 1.165) is 37.9 Å². The minimum Gasteiger partial charge on any atom is -0.374 e. The van der Waals surface area contributed by atoms with Crippen LogP contribution >= 0.6 is 11.6 Å². The van der Waals surface area contributed by atoms with Gasteiger partial charge in [-0.15, -0.1) is 0 Å². The first kappa shape index (κ1) is 23.4. The Bertz CT molecular complexity index is 651. The number of carbonyl (C=O) groups excluding carboxylic acids is 1. The van der Waals surface area contributed by atoms with Crippen molar-refractivity contribution in [2.24, 2.45) is 10.9 Å². The fourth-order valence-corrected chi connectivity index (χ4v) is 3.36. The first-order valence-corrected chi connectivity index (χ1v) is 10.7. The van der Waals surface area contributed by atoms with Gasteiger partial charge < -0.3 is 20.7 Å². The maximum absolute atomic E-state index is 12.0. The van der Waals surface area contributed by atoms with Crippen LogP contribution in [0, 0.1) is 5.92 Å². The van der Waals surface area contributed by atoms with E-state index in [4.69, 9.17) is 16.3 Å². The second kappa shape index (κ2) is 12.7. The molecule has 1 aliphatic rings. The predicted molar refractivity (Wildman–Crippen MR) is 120 cm³/mol. The summed E-state index contributed by atoms with van der Waals surface area (Å²) in [5.41, 5.74) is 0.754. The van der Waals surface area contributed by atoms with Gasteiger partial charge in [-0.3, -0.25) is 14.7 Å². The summed E-state index contributed by atoms with van der Waals surface area (Å²) < 4.78 is 5.86. The topological polar surface area (TPSA) is 78.0 Å². The molecule has 162 valence electrons. The molecule has 7 nitrogen and oxygen atoms in total. The Morgan fingerprint density at radius 1 is 1.31 bits per heavy atom. The summed E-state index contributed by atoms with van der Waals surface area (Å²) in [5.74, 6) is 1.37. The van der Waals surface area contributed by atoms with E-state index in [9.17, 15) is 4.79 Å². The molecular weight excluding hydrogens is 390 g/mol. The van der Waals surface area contributed by atoms with E-state index in [2.05, 4.69) is 39.7 Å². The molecule has 0 radical (unpaired) electrons. The van der Waals surface area contributed by atoms with Gasteiger partial charge >= 0.3 is 0 Å². The van der Waals surface area contributed by atoms with Gasteiger partial charge in [0, 0.05) is 56.9 Å². The number of hydrogen-bond donors (Lipinski definition) is 3. The molecule has 1 aromatic rings. The number of ether oxygens (including phenoxy) is 1. The summed E-state index contributed by atoms with van der Waals surface area (Å²) in [6.45, 7) is 9.67. The summed E-state index contributed by atoms with van der Waals surface area (Å²) in [5, 5.41) is 10.1. The summed E-state index contributed by atoms with van der Waals surface area (Å²) in [6.07, 6.45) is 1.30. The summed E-state index contributed by atoms with van der Waals surface area (Å²) in [4.78, 5) is 18.7. The fraction of sp³-hybridized carbons (Fsp3) is 0.619. The van der Waals surface area contributed by atoms with Crippen LogP contribution in [0.5, 0.6) is 0 Å². The van der Waals surface area contributed by atoms with Crippen molar-refractivity contribution in [1.29, 1.82) is 0 Å². The number of aliphatic imine (C=N–C) groups is 1. The first-order chi connectivity index (χ1) is 14.0. The first-order valence-electron chi connectivity index (χ1n) is 10.3. The lowest BCUT2D eigenvalue weighted by atomic mass is 10.2. The van der Waals surface area contributed by atoms with Crippen molar-refractivity contribution >= 4 is 29.2 Å². The molecule has 0 aromatic heterocycles. The van der Waals surface area contributed by atoms with Crippen molar-refractivity contribution in [3.8, 4) is 0 Å². The molecule has 8 heteroatoms. The molecule has 1 amide bonds. The smallest absolute Gasteiger partial charge is 0.224 e. The van der Waals surface area contributed by atoms with Crippen molar-refractivity contribution < 1.29 is 9.53 Å². The van der Waals surface area contributed by atoms with Crippen LogP contribution in [0.4, 0.5) is 5.69 Å². The Morgan fingerprint density at radius 3 is 2.76 bits per heavy atom. The monoisotopic (exact) mass is 423 g/mol. The van der Waals surface area contributed by atoms with E-state index >= 15 is 0 Å². The van der Waals surface area contributed by atoms with E-state index in [-0.39, 0.29) is 12.0 Å². The molecule has 1 heterocycles. The predicted octanol–water partition coefficient (Wildman–Crippen LogP) is 2.58. The Balaban J connectivity index is 1.61. The second-order valence-corrected chi connectivity index (χ2v) is 8.12. The molecule has 1 unspecified atom stereocenters. The average molecular weight is 424 g/mol. The van der Waals surface area contributed by atoms with Gasteiger partial charge in [0.1, 0.15) is 0 Å². The van der Waals surface area contributed by atoms with Gasteiger partial charge in [-0.2, -0.15) is 0 Å². The fourth-order valence-electron chi connectivity index (χ4n) is 3.23. The number of rotatable bonds is 9. The number of anilines is 1. The van der Waals surface area contributed by atoms with Crippen LogP contribution in [0.1, 0.15) is 26.7 Å². The zero-order valence-electron chi connectivity index (χ0n) is 17.7. The Morgan fingerprint density at radius 2 is 2.07 bits per heavy atom. The summed E-state index contributed by atoms with van der Waals surface area (Å²) in [6, 6.07) is 7.10. The molecule has 1 aromatic carbocycles. The molecule has 1 aliphatic heterocycles. The van der Waals surface area contributed by atoms with Gasteiger partial charge in [0.15, 0.2) is 5.96 Å². The third-order valence-corrected chi connectivity index (χ3v) is 4.82. The largest absolute Gasteiger partial charge is 0.374 e. The minimum atomic E-state index is -0.0158. The number of halogens is 1. The van der Waals surface area contributed by atoms with Crippen molar-refractivity contribution in [2.75, 3.05) is 51.7 Å². The highest BCUT2D eigenvalue weighted by Gasteiger charge is 2.21. The van der Waals surface area contributed by atoms with E-state index in [1.807, 2.05) is 0 Å². The maximum Gasteiger partial charge on any atom is 0.224 e. The van der Waals surface area contributed by atoms with E-state index < -0.39 is 0 Å². The normalized spacial score (nSPS) is 18.0. The molecule has 0 bridgehead atoms. The quantitative estimate of drug-likeness (QED) is 0.323. The van der Waals surface area contributed by atoms with Crippen molar-refractivity contribution in [3.63, 3.8) is 0 Å². The molecule has 2 rings (SSSR count). The van der Waals surface area contributed by atoms with Crippen molar-refractivity contribution in [3.05, 3.63) is 29.3 Å². The van der Waals surface area contributed by atoms with Crippen LogP contribution in [-0.2, 0) is 9.53 Å². The third kappa shape index (κ3) is 9.47. The molecule has 1 atom stereocenters. The lowest BCUT2D eigenvalue weighted by molar-refractivity contribution is -0.116. The van der Waals surface area contributed by atoms with Crippen LogP contribution in [0.3, 0.4) is 0 Å². The van der Waals surface area contributed by atoms with E-state index in [1.165, 1.54) is 0 Å². The maximum atomic E-state index is 12.0. The number of nitrogens with zero attached hydrogens (tertiary/aromatic N) is 2. The molecule has 0 spiro atoms. The van der Waals surface area contributed by atoms with E-state index in [1.54, 1.807) is 31.3 Å². The van der Waals surface area contributed by atoms with Crippen molar-refractivity contribution in [2.45, 2.75) is 32.8 Å². The zero-order chi connectivity index (χ0) is 21.1. The molecule has 1 saturated heterocycles. The molecule has 3 N–H and O–H groups in total. The van der Waals surface area contributed by atoms with Gasteiger partial charge in [-0.1, -0.05) is 25.4 Å². The standard InChI is InChI=1S/C21H34ClN5O2/c1-16(2)14-27-11-12-29-19(15-27)13-25-21(23-3)24-10-4-5-20(28)26-18-8-6-17(22)7-9-18/h6-9,16,19H,4-5,10-15H2,1-3H3,(H,26,28)(H2,23,24,25). The highest BCUT2D eigenvalue weighted by atomic mass is 35.5. The number of nitrogens with one attached hydrogen (secondary N) is 3. The van der Waals surface area contributed by atoms with Gasteiger partial charge in [0.25, 0.3) is 0 Å². The SMILES string of the molecule is CN=C(NCCCC(=O)Nc1ccc(Cl)cc1)NCC1CN(CC(C)C)CCO1. The Hall–Kier alpha value is -1.83. The van der Waals surface area contributed by atoms with E-state index in [0.29, 0.717) is 36.9 Å². The van der Waals surface area contributed by atoms with Gasteiger partial charge in [0.05, 0.1) is 12.7 Å². The van der Waals surface area contributed by atoms with Crippen LogP contribution < -0.4 is 16.0 Å². The number of carbonyl (C=O) groups is 1. The highest BCUT2D eigenvalue weighted by Crippen LogP contribution is 2.13. The Labute approximate surface area is 179 Å². The number of guanidine groups is 1. The lowest BCUT2D eigenvalue weighted by Gasteiger charge is -2.34. The van der Waals surface area contributed by atoms with Crippen LogP contribution in [-0.4, -0.2) is 69.2 Å². The second-order valence-electron chi connectivity index (χ2n) is 7.68. The molecule has 29 heavy (non-hydrogen) atoms. The summed E-state index contributed by atoms with van der Waals surface area (Å²) >= 11 is 5.85. The Kier molecular flexibility index (Phi) is 10.2. The van der Waals surface area contributed by atoms with Crippen LogP contribution in [0.2, 0.25) is 5.02 Å². The molecular formula is C21H34ClN5O2. The number of amides is 1. The van der Waals surface area contributed by atoms with Gasteiger partial charge in [-0.05, 0) is 36.6 Å². The third-order valence-electron chi connectivity index (χ3n) is 4.57. The number of morpholine rings is 1.